The van der Waals surface area contributed by atoms with E-state index in [-0.39, 0.29) is 0 Å². The third-order valence-electron chi connectivity index (χ3n) is 2.40. The summed E-state index contributed by atoms with van der Waals surface area (Å²) in [5.74, 6) is 1.54. The lowest BCUT2D eigenvalue weighted by Gasteiger charge is -2.24. The molecule has 0 aromatic heterocycles. The zero-order valence-corrected chi connectivity index (χ0v) is 8.65. The Hall–Kier alpha value is -0.520. The zero-order chi connectivity index (χ0) is 9.19. The van der Waals surface area contributed by atoms with E-state index in [2.05, 4.69) is 45.9 Å². The molecule has 0 aromatic carbocycles. The summed E-state index contributed by atoms with van der Waals surface area (Å²) < 4.78 is 0. The Balaban J connectivity index is 2.64. The molecule has 67 valence electrons. The normalized spacial score (nSPS) is 19.5. The van der Waals surface area contributed by atoms with Crippen LogP contribution in [0.4, 0.5) is 0 Å². The van der Waals surface area contributed by atoms with Crippen molar-refractivity contribution in [2.75, 3.05) is 0 Å². The van der Waals surface area contributed by atoms with Gasteiger partial charge in [0, 0.05) is 5.92 Å². The van der Waals surface area contributed by atoms with Gasteiger partial charge in [0.2, 0.25) is 0 Å². The van der Waals surface area contributed by atoms with Gasteiger partial charge < -0.3 is 0 Å². The molecule has 0 saturated carbocycles. The molecular formula is C12H19. The van der Waals surface area contributed by atoms with Gasteiger partial charge in [0.1, 0.15) is 0 Å². The molecule has 0 nitrogen and oxygen atoms in total. The average Bonchev–Trinajstić information content (AvgIpc) is 2.03. The van der Waals surface area contributed by atoms with Crippen molar-refractivity contribution in [1.82, 2.24) is 0 Å². The molecule has 0 bridgehead atoms. The Labute approximate surface area is 76.4 Å². The molecule has 1 radical (unpaired) electrons. The maximum absolute atomic E-state index is 2.36. The van der Waals surface area contributed by atoms with E-state index < -0.39 is 0 Å². The van der Waals surface area contributed by atoms with Crippen LogP contribution in [0.5, 0.6) is 0 Å². The molecule has 0 atom stereocenters. The van der Waals surface area contributed by atoms with Gasteiger partial charge in [-0.05, 0) is 23.8 Å². The monoisotopic (exact) mass is 163 g/mol. The highest BCUT2D eigenvalue weighted by Gasteiger charge is 2.17. The van der Waals surface area contributed by atoms with Crippen LogP contribution in [0.3, 0.4) is 0 Å². The lowest BCUT2D eigenvalue weighted by atomic mass is 9.81. The third-order valence-corrected chi connectivity index (χ3v) is 2.40. The largest absolute Gasteiger partial charge is 0.0799 e. The summed E-state index contributed by atoms with van der Waals surface area (Å²) in [5, 5.41) is 0. The van der Waals surface area contributed by atoms with E-state index in [1.807, 2.05) is 0 Å². The van der Waals surface area contributed by atoms with Gasteiger partial charge in [0.15, 0.2) is 0 Å². The van der Waals surface area contributed by atoms with Crippen LogP contribution in [-0.2, 0) is 0 Å². The quantitative estimate of drug-likeness (QED) is 0.550. The van der Waals surface area contributed by atoms with Gasteiger partial charge in [-0.3, -0.25) is 0 Å². The molecule has 12 heavy (non-hydrogen) atoms. The summed E-state index contributed by atoms with van der Waals surface area (Å²) in [7, 11) is 0. The molecule has 0 aromatic rings. The molecule has 1 rings (SSSR count). The Bertz CT molecular complexity index is 201. The predicted octanol–water partition coefficient (Wildman–Crippen LogP) is 3.90. The number of hydrogen-bond donors (Lipinski definition) is 0. The molecule has 0 heteroatoms. The van der Waals surface area contributed by atoms with E-state index >= 15 is 0 Å². The first-order chi connectivity index (χ1) is 5.54. The van der Waals surface area contributed by atoms with Gasteiger partial charge in [-0.25, -0.2) is 0 Å². The maximum atomic E-state index is 2.36. The lowest BCUT2D eigenvalue weighted by Crippen LogP contribution is -2.10. The minimum atomic E-state index is 0.315. The molecular weight excluding hydrogens is 144 g/mol. The molecule has 0 spiro atoms. The van der Waals surface area contributed by atoms with Crippen LogP contribution in [0, 0.1) is 11.3 Å². The fraction of sp³-hybridized carbons (Fsp3) is 0.583. The standard InChI is InChI=1S/C12H19/c1-5-10-6-8-11(9-7-10)12(2,3)4/h6,8-9H,5,7H2,1-4H3. The van der Waals surface area contributed by atoms with E-state index in [0.29, 0.717) is 5.41 Å². The van der Waals surface area contributed by atoms with Gasteiger partial charge in [0.05, 0.1) is 0 Å². The van der Waals surface area contributed by atoms with Crippen molar-refractivity contribution in [1.29, 1.82) is 0 Å². The van der Waals surface area contributed by atoms with E-state index in [1.54, 1.807) is 5.92 Å². The van der Waals surface area contributed by atoms with E-state index in [0.717, 1.165) is 6.42 Å². The summed E-state index contributed by atoms with van der Waals surface area (Å²) in [4.78, 5) is 0. The van der Waals surface area contributed by atoms with Crippen LogP contribution in [0.1, 0.15) is 40.5 Å². The number of allylic oxidation sites excluding steroid dienone is 4. The van der Waals surface area contributed by atoms with Gasteiger partial charge in [-0.1, -0.05) is 45.9 Å². The molecule has 0 aliphatic heterocycles. The van der Waals surface area contributed by atoms with E-state index in [9.17, 15) is 0 Å². The van der Waals surface area contributed by atoms with E-state index in [1.165, 1.54) is 12.0 Å². The summed E-state index contributed by atoms with van der Waals surface area (Å²) in [6.45, 7) is 9.01. The van der Waals surface area contributed by atoms with Crippen molar-refractivity contribution in [2.24, 2.45) is 5.41 Å². The number of rotatable bonds is 1. The molecule has 1 aliphatic rings. The smallest absolute Gasteiger partial charge is 0.00109 e. The highest BCUT2D eigenvalue weighted by molar-refractivity contribution is 5.34. The molecule has 0 unspecified atom stereocenters. The van der Waals surface area contributed by atoms with Crippen molar-refractivity contribution in [2.45, 2.75) is 40.5 Å². The van der Waals surface area contributed by atoms with Crippen LogP contribution < -0.4 is 0 Å². The minimum absolute atomic E-state index is 0.315. The molecule has 1 aliphatic carbocycles. The van der Waals surface area contributed by atoms with Crippen molar-refractivity contribution < 1.29 is 0 Å². The predicted molar refractivity (Wildman–Crippen MR) is 54.8 cm³/mol. The van der Waals surface area contributed by atoms with Crippen molar-refractivity contribution >= 4 is 0 Å². The molecule has 0 heterocycles. The Kier molecular flexibility index (Phi) is 2.76. The maximum Gasteiger partial charge on any atom is 0.00109 e. The average molecular weight is 163 g/mol. The van der Waals surface area contributed by atoms with Crippen LogP contribution in [0.25, 0.3) is 0 Å². The summed E-state index contributed by atoms with van der Waals surface area (Å²) in [6.07, 6.45) is 9.24. The molecule has 0 N–H and O–H groups in total. The van der Waals surface area contributed by atoms with Gasteiger partial charge in [-0.2, -0.15) is 0 Å². The van der Waals surface area contributed by atoms with Crippen LogP contribution in [0.2, 0.25) is 0 Å². The van der Waals surface area contributed by atoms with Gasteiger partial charge in [-0.15, -0.1) is 0 Å². The first-order valence-corrected chi connectivity index (χ1v) is 4.77. The van der Waals surface area contributed by atoms with Crippen LogP contribution in [0.15, 0.2) is 23.8 Å². The summed E-state index contributed by atoms with van der Waals surface area (Å²) >= 11 is 0. The Morgan fingerprint density at radius 3 is 2.25 bits per heavy atom. The SMILES string of the molecule is CC[C]1C=CC(C(C)(C)C)=CC1. The fourth-order valence-corrected chi connectivity index (χ4v) is 1.40. The van der Waals surface area contributed by atoms with Crippen molar-refractivity contribution in [3.63, 3.8) is 0 Å². The second-order valence-electron chi connectivity index (χ2n) is 4.46. The van der Waals surface area contributed by atoms with Crippen LogP contribution in [-0.4, -0.2) is 0 Å². The fourth-order valence-electron chi connectivity index (χ4n) is 1.40. The molecule has 0 fully saturated rings. The molecule has 0 saturated heterocycles. The second-order valence-corrected chi connectivity index (χ2v) is 4.46. The number of hydrogen-bond acceptors (Lipinski definition) is 0. The second kappa shape index (κ2) is 3.47. The van der Waals surface area contributed by atoms with Crippen molar-refractivity contribution in [3.8, 4) is 0 Å². The topological polar surface area (TPSA) is 0 Å². The van der Waals surface area contributed by atoms with Crippen molar-refractivity contribution in [3.05, 3.63) is 29.7 Å². The van der Waals surface area contributed by atoms with Gasteiger partial charge in [0.25, 0.3) is 0 Å². The zero-order valence-electron chi connectivity index (χ0n) is 8.65. The Morgan fingerprint density at radius 1 is 1.25 bits per heavy atom. The first kappa shape index (κ1) is 9.57. The van der Waals surface area contributed by atoms with E-state index in [4.69, 9.17) is 0 Å². The highest BCUT2D eigenvalue weighted by Crippen LogP contribution is 2.31. The highest BCUT2D eigenvalue weighted by atomic mass is 14.2. The van der Waals surface area contributed by atoms with Crippen LogP contribution >= 0.6 is 0 Å². The molecule has 0 amide bonds. The summed E-state index contributed by atoms with van der Waals surface area (Å²) in [5.41, 5.74) is 1.79. The Morgan fingerprint density at radius 2 is 1.92 bits per heavy atom. The lowest BCUT2D eigenvalue weighted by molar-refractivity contribution is 0.512. The van der Waals surface area contributed by atoms with Gasteiger partial charge >= 0.3 is 0 Å². The summed E-state index contributed by atoms with van der Waals surface area (Å²) in [6, 6.07) is 0. The minimum Gasteiger partial charge on any atom is -0.0799 e. The third kappa shape index (κ3) is 2.23. The first-order valence-electron chi connectivity index (χ1n) is 4.77.